The largest absolute Gasteiger partial charge is 0.361 e. The molecule has 1 amide bonds. The third kappa shape index (κ3) is 1.67. The van der Waals surface area contributed by atoms with Gasteiger partial charge in [0.15, 0.2) is 0 Å². The van der Waals surface area contributed by atoms with Gasteiger partial charge in [0, 0.05) is 27.9 Å². The number of H-pyrrole nitrogens is 1. The average molecular weight is 387 g/mol. The molecule has 5 unspecified atom stereocenters. The summed E-state index contributed by atoms with van der Waals surface area (Å²) in [6.07, 6.45) is 4.93. The molecule has 1 aliphatic heterocycles. The summed E-state index contributed by atoms with van der Waals surface area (Å²) in [5, 5.41) is 4.53. The van der Waals surface area contributed by atoms with Crippen LogP contribution in [0.15, 0.2) is 37.1 Å². The van der Waals surface area contributed by atoms with E-state index in [9.17, 15) is 4.79 Å². The quantitative estimate of drug-likeness (QED) is 0.516. The number of rotatable bonds is 1. The lowest BCUT2D eigenvalue weighted by Crippen LogP contribution is -2.65. The van der Waals surface area contributed by atoms with Crippen molar-refractivity contribution in [2.45, 2.75) is 48.8 Å². The summed E-state index contributed by atoms with van der Waals surface area (Å²) < 4.78 is -0.332. The second kappa shape index (κ2) is 4.90. The van der Waals surface area contributed by atoms with E-state index in [2.05, 4.69) is 62.0 Å². The van der Waals surface area contributed by atoms with E-state index in [1.165, 1.54) is 28.3 Å². The molecule has 5 atom stereocenters. The molecule has 2 heterocycles. The molecule has 5 heteroatoms. The van der Waals surface area contributed by atoms with Crippen molar-refractivity contribution < 1.29 is 4.79 Å². The van der Waals surface area contributed by atoms with E-state index in [1.807, 2.05) is 6.08 Å². The molecule has 1 saturated heterocycles. The van der Waals surface area contributed by atoms with Gasteiger partial charge >= 0.3 is 0 Å². The van der Waals surface area contributed by atoms with Crippen LogP contribution in [0.1, 0.15) is 38.3 Å². The minimum absolute atomic E-state index is 0.0448. The Kier molecular flexibility index (Phi) is 3.16. The van der Waals surface area contributed by atoms with Crippen LogP contribution >= 0.6 is 23.4 Å². The van der Waals surface area contributed by atoms with Gasteiger partial charge in [-0.1, -0.05) is 50.7 Å². The van der Waals surface area contributed by atoms with Crippen LogP contribution in [0.4, 0.5) is 4.79 Å². The van der Waals surface area contributed by atoms with Crippen molar-refractivity contribution in [3.8, 4) is 0 Å². The van der Waals surface area contributed by atoms with E-state index in [4.69, 9.17) is 11.6 Å². The highest BCUT2D eigenvalue weighted by atomic mass is 35.5. The summed E-state index contributed by atoms with van der Waals surface area (Å²) in [6.45, 7) is 10.9. The molecule has 2 N–H and O–H groups in total. The molecule has 5 rings (SSSR count). The standard InChI is InChI=1S/C21H23ClN2OS/c1-5-20(4)15(22)9-14-19(2,3)11-7-6-8-13-16(11)12(10-23-13)21(14)17(20)24-18(25)26-21/h5-8,10,14-15,17,23H,1,9H2,2-4H3,(H,24,25). The second-order valence-corrected chi connectivity index (χ2v) is 10.5. The van der Waals surface area contributed by atoms with Crippen molar-refractivity contribution >= 4 is 39.5 Å². The predicted molar refractivity (Wildman–Crippen MR) is 109 cm³/mol. The van der Waals surface area contributed by atoms with Gasteiger partial charge in [-0.2, -0.15) is 0 Å². The number of nitrogens with one attached hydrogen (secondary N) is 2. The van der Waals surface area contributed by atoms with E-state index < -0.39 is 0 Å². The van der Waals surface area contributed by atoms with Gasteiger partial charge < -0.3 is 10.3 Å². The van der Waals surface area contributed by atoms with Gasteiger partial charge in [0.2, 0.25) is 0 Å². The van der Waals surface area contributed by atoms with Crippen LogP contribution in [0, 0.1) is 11.3 Å². The molecule has 136 valence electrons. The number of thioether (sulfide) groups is 1. The first-order valence-corrected chi connectivity index (χ1v) is 10.4. The van der Waals surface area contributed by atoms with Gasteiger partial charge in [0.1, 0.15) is 0 Å². The molecule has 1 aromatic heterocycles. The monoisotopic (exact) mass is 386 g/mol. The van der Waals surface area contributed by atoms with Crippen LogP contribution < -0.4 is 5.32 Å². The first kappa shape index (κ1) is 16.8. The molecule has 2 aromatic rings. The Morgan fingerprint density at radius 2 is 2.08 bits per heavy atom. The number of halogens is 1. The summed E-state index contributed by atoms with van der Waals surface area (Å²) in [5.74, 6) is 0.258. The van der Waals surface area contributed by atoms with Crippen molar-refractivity contribution in [2.24, 2.45) is 11.3 Å². The van der Waals surface area contributed by atoms with Crippen molar-refractivity contribution in [3.05, 3.63) is 48.2 Å². The topological polar surface area (TPSA) is 44.9 Å². The molecule has 0 bridgehead atoms. The molecule has 26 heavy (non-hydrogen) atoms. The van der Waals surface area contributed by atoms with Gasteiger partial charge in [-0.3, -0.25) is 4.79 Å². The van der Waals surface area contributed by atoms with E-state index >= 15 is 0 Å². The Labute approximate surface area is 162 Å². The highest BCUT2D eigenvalue weighted by molar-refractivity contribution is 8.14. The molecule has 0 radical (unpaired) electrons. The number of aromatic nitrogens is 1. The zero-order chi connectivity index (χ0) is 18.5. The maximum Gasteiger partial charge on any atom is 0.280 e. The minimum atomic E-state index is -0.358. The van der Waals surface area contributed by atoms with Crippen molar-refractivity contribution in [2.75, 3.05) is 0 Å². The third-order valence-electron chi connectivity index (χ3n) is 7.34. The Morgan fingerprint density at radius 3 is 2.81 bits per heavy atom. The zero-order valence-electron chi connectivity index (χ0n) is 15.2. The summed E-state index contributed by atoms with van der Waals surface area (Å²) in [7, 11) is 0. The summed E-state index contributed by atoms with van der Waals surface area (Å²) in [4.78, 5) is 16.2. The van der Waals surface area contributed by atoms with E-state index in [1.54, 1.807) is 0 Å². The lowest BCUT2D eigenvalue weighted by molar-refractivity contribution is 0.0795. The predicted octanol–water partition coefficient (Wildman–Crippen LogP) is 5.30. The van der Waals surface area contributed by atoms with Crippen LogP contribution in [0.3, 0.4) is 0 Å². The van der Waals surface area contributed by atoms with Crippen LogP contribution in [-0.4, -0.2) is 21.6 Å². The zero-order valence-corrected chi connectivity index (χ0v) is 16.8. The number of aromatic amines is 1. The number of carbonyl (C=O) groups excluding carboxylic acids is 1. The maximum atomic E-state index is 12.7. The molecule has 2 aliphatic carbocycles. The fourth-order valence-electron chi connectivity index (χ4n) is 5.87. The molecular weight excluding hydrogens is 364 g/mol. The SMILES string of the molecule is C=CC1(C)C(Cl)CC2C(C)(C)c3cccc4[nH]cc(c34)C23SC(=O)NC13. The lowest BCUT2D eigenvalue weighted by Gasteiger charge is -2.60. The number of hydrogen-bond acceptors (Lipinski definition) is 2. The van der Waals surface area contributed by atoms with Crippen LogP contribution in [-0.2, 0) is 10.2 Å². The first-order valence-electron chi connectivity index (χ1n) is 9.15. The Morgan fingerprint density at radius 1 is 1.31 bits per heavy atom. The van der Waals surface area contributed by atoms with Crippen LogP contribution in [0.25, 0.3) is 10.9 Å². The molecule has 2 fully saturated rings. The van der Waals surface area contributed by atoms with Crippen molar-refractivity contribution in [1.82, 2.24) is 10.3 Å². The minimum Gasteiger partial charge on any atom is -0.361 e. The number of hydrogen-bond donors (Lipinski definition) is 2. The lowest BCUT2D eigenvalue weighted by atomic mass is 9.50. The van der Waals surface area contributed by atoms with Crippen LogP contribution in [0.5, 0.6) is 0 Å². The van der Waals surface area contributed by atoms with Gasteiger partial charge in [-0.25, -0.2) is 0 Å². The molecule has 1 saturated carbocycles. The Balaban J connectivity index is 1.90. The molecule has 1 aromatic carbocycles. The maximum absolute atomic E-state index is 12.7. The molecule has 1 spiro atoms. The van der Waals surface area contributed by atoms with Gasteiger partial charge in [0.25, 0.3) is 5.24 Å². The normalized spacial score (nSPS) is 40.0. The fourth-order valence-corrected chi connectivity index (χ4v) is 7.98. The highest BCUT2D eigenvalue weighted by Gasteiger charge is 2.69. The van der Waals surface area contributed by atoms with Gasteiger partial charge in [0.05, 0.1) is 10.8 Å². The van der Waals surface area contributed by atoms with Crippen LogP contribution in [0.2, 0.25) is 0 Å². The van der Waals surface area contributed by atoms with E-state index in [-0.39, 0.29) is 38.2 Å². The Bertz CT molecular complexity index is 966. The molecule has 3 aliphatic rings. The number of benzene rings is 1. The molecular formula is C21H23ClN2OS. The van der Waals surface area contributed by atoms with Gasteiger partial charge in [-0.15, -0.1) is 18.2 Å². The first-order chi connectivity index (χ1) is 12.3. The molecule has 3 nitrogen and oxygen atoms in total. The number of carbonyl (C=O) groups is 1. The van der Waals surface area contributed by atoms with E-state index in [0.717, 1.165) is 11.9 Å². The van der Waals surface area contributed by atoms with E-state index in [0.29, 0.717) is 0 Å². The Hall–Kier alpha value is -1.39. The smallest absolute Gasteiger partial charge is 0.280 e. The fraction of sp³-hybridized carbons (Fsp3) is 0.476. The highest BCUT2D eigenvalue weighted by Crippen LogP contribution is 2.68. The summed E-state index contributed by atoms with van der Waals surface area (Å²) >= 11 is 8.41. The van der Waals surface area contributed by atoms with Crippen molar-refractivity contribution in [3.63, 3.8) is 0 Å². The third-order valence-corrected chi connectivity index (χ3v) is 9.37. The average Bonchev–Trinajstić information content (AvgIpc) is 3.18. The summed E-state index contributed by atoms with van der Waals surface area (Å²) in [6, 6.07) is 6.41. The number of alkyl halides is 1. The summed E-state index contributed by atoms with van der Waals surface area (Å²) in [5.41, 5.74) is 3.31. The second-order valence-electron chi connectivity index (χ2n) is 8.74. The van der Waals surface area contributed by atoms with Gasteiger partial charge in [-0.05, 0) is 34.9 Å². The number of amides is 1. The van der Waals surface area contributed by atoms with Crippen molar-refractivity contribution in [1.29, 1.82) is 0 Å².